The summed E-state index contributed by atoms with van der Waals surface area (Å²) in [6, 6.07) is 0. The second-order valence-electron chi connectivity index (χ2n) is 7.47. The summed E-state index contributed by atoms with van der Waals surface area (Å²) >= 11 is 0. The van der Waals surface area contributed by atoms with E-state index in [-0.39, 0.29) is 0 Å². The first-order valence-electron chi connectivity index (χ1n) is 9.93. The van der Waals surface area contributed by atoms with Crippen molar-refractivity contribution in [2.24, 2.45) is 23.7 Å². The highest BCUT2D eigenvalue weighted by atomic mass is 14.4. The van der Waals surface area contributed by atoms with Crippen LogP contribution in [0.15, 0.2) is 0 Å². The van der Waals surface area contributed by atoms with Gasteiger partial charge in [0.05, 0.1) is 0 Å². The predicted octanol–water partition coefficient (Wildman–Crippen LogP) is 6.98. The minimum Gasteiger partial charge on any atom is -0.0683 e. The Hall–Kier alpha value is 0. The lowest BCUT2D eigenvalue weighted by molar-refractivity contribution is 0.123. The molecule has 0 spiro atoms. The third-order valence-corrected chi connectivity index (χ3v) is 6.45. The van der Waals surface area contributed by atoms with Crippen LogP contribution in [0.4, 0.5) is 0 Å². The zero-order valence-corrected chi connectivity index (χ0v) is 14.2. The van der Waals surface area contributed by atoms with Crippen molar-refractivity contribution < 1.29 is 0 Å². The molecular formula is C20H38. The van der Waals surface area contributed by atoms with Crippen molar-refractivity contribution in [1.29, 1.82) is 0 Å². The van der Waals surface area contributed by atoms with Crippen molar-refractivity contribution in [1.82, 2.24) is 0 Å². The number of rotatable bonds is 2. The van der Waals surface area contributed by atoms with Gasteiger partial charge in [0.1, 0.15) is 0 Å². The Morgan fingerprint density at radius 3 is 0.900 bits per heavy atom. The van der Waals surface area contributed by atoms with Gasteiger partial charge in [0.15, 0.2) is 0 Å². The lowest BCUT2D eigenvalue weighted by Gasteiger charge is -2.39. The standard InChI is InChI=1S/C18H32.C2H6/c1-3-7-15(8-4-1)17-11-13-18(14-12-17)16-9-5-2-6-10-16;1-2/h15-18H,1-14H2;1-2H3. The Morgan fingerprint density at radius 2 is 0.600 bits per heavy atom. The SMILES string of the molecule is C1CCC(C2CCC(C3CCCCC3)CC2)CC1.CC. The van der Waals surface area contributed by atoms with E-state index in [1.807, 2.05) is 13.8 Å². The van der Waals surface area contributed by atoms with Crippen LogP contribution in [0.5, 0.6) is 0 Å². The summed E-state index contributed by atoms with van der Waals surface area (Å²) < 4.78 is 0. The fourth-order valence-corrected chi connectivity index (χ4v) is 5.30. The minimum absolute atomic E-state index is 1.13. The van der Waals surface area contributed by atoms with Gasteiger partial charge >= 0.3 is 0 Å². The summed E-state index contributed by atoms with van der Waals surface area (Å²) in [7, 11) is 0. The summed E-state index contributed by atoms with van der Waals surface area (Å²) in [4.78, 5) is 0. The Morgan fingerprint density at radius 1 is 0.350 bits per heavy atom. The van der Waals surface area contributed by atoms with E-state index in [9.17, 15) is 0 Å². The molecule has 0 aromatic heterocycles. The first-order chi connectivity index (χ1) is 9.93. The summed E-state index contributed by atoms with van der Waals surface area (Å²) in [6.07, 6.45) is 21.8. The molecule has 20 heavy (non-hydrogen) atoms. The number of hydrogen-bond donors (Lipinski definition) is 0. The van der Waals surface area contributed by atoms with E-state index in [0.29, 0.717) is 0 Å². The molecule has 0 amide bonds. The van der Waals surface area contributed by atoms with Gasteiger partial charge in [-0.05, 0) is 49.4 Å². The maximum absolute atomic E-state index is 2.00. The zero-order chi connectivity index (χ0) is 14.2. The maximum Gasteiger partial charge on any atom is -0.0386 e. The van der Waals surface area contributed by atoms with Crippen molar-refractivity contribution in [3.63, 3.8) is 0 Å². The van der Waals surface area contributed by atoms with E-state index in [4.69, 9.17) is 0 Å². The summed E-state index contributed by atoms with van der Waals surface area (Å²) in [5.41, 5.74) is 0. The largest absolute Gasteiger partial charge is 0.0683 e. The third kappa shape index (κ3) is 4.50. The Balaban J connectivity index is 0.000000704. The topological polar surface area (TPSA) is 0 Å². The maximum atomic E-state index is 2.00. The molecule has 3 fully saturated rings. The molecule has 0 aromatic rings. The molecule has 0 unspecified atom stereocenters. The molecule has 3 aliphatic carbocycles. The van der Waals surface area contributed by atoms with Crippen molar-refractivity contribution in [3.05, 3.63) is 0 Å². The van der Waals surface area contributed by atoms with Gasteiger partial charge in [-0.25, -0.2) is 0 Å². The Kier molecular flexibility index (Phi) is 7.45. The van der Waals surface area contributed by atoms with Crippen LogP contribution in [0.1, 0.15) is 104 Å². The van der Waals surface area contributed by atoms with Crippen molar-refractivity contribution >= 4 is 0 Å². The second-order valence-corrected chi connectivity index (χ2v) is 7.47. The van der Waals surface area contributed by atoms with E-state index in [0.717, 1.165) is 23.7 Å². The van der Waals surface area contributed by atoms with Crippen LogP contribution < -0.4 is 0 Å². The van der Waals surface area contributed by atoms with Gasteiger partial charge in [-0.1, -0.05) is 78.1 Å². The quantitative estimate of drug-likeness (QED) is 0.511. The molecule has 118 valence electrons. The lowest BCUT2D eigenvalue weighted by Crippen LogP contribution is -2.27. The van der Waals surface area contributed by atoms with Gasteiger partial charge in [0.2, 0.25) is 0 Å². The van der Waals surface area contributed by atoms with Crippen LogP contribution in [-0.2, 0) is 0 Å². The lowest BCUT2D eigenvalue weighted by atomic mass is 9.66. The van der Waals surface area contributed by atoms with Gasteiger partial charge in [-0.2, -0.15) is 0 Å². The molecule has 0 N–H and O–H groups in total. The molecule has 3 aliphatic rings. The molecule has 0 bridgehead atoms. The summed E-state index contributed by atoms with van der Waals surface area (Å²) in [6.45, 7) is 4.00. The van der Waals surface area contributed by atoms with Gasteiger partial charge in [0, 0.05) is 0 Å². The van der Waals surface area contributed by atoms with E-state index >= 15 is 0 Å². The Bertz CT molecular complexity index is 198. The first-order valence-corrected chi connectivity index (χ1v) is 9.93. The molecular weight excluding hydrogens is 240 g/mol. The molecule has 0 nitrogen and oxygen atoms in total. The van der Waals surface area contributed by atoms with Crippen molar-refractivity contribution in [2.45, 2.75) is 104 Å². The predicted molar refractivity (Wildman–Crippen MR) is 89.9 cm³/mol. The highest BCUT2D eigenvalue weighted by Crippen LogP contribution is 2.44. The highest BCUT2D eigenvalue weighted by Gasteiger charge is 2.32. The van der Waals surface area contributed by atoms with Crippen LogP contribution in [0.3, 0.4) is 0 Å². The van der Waals surface area contributed by atoms with Gasteiger partial charge in [-0.3, -0.25) is 0 Å². The summed E-state index contributed by atoms with van der Waals surface area (Å²) in [5, 5.41) is 0. The smallest absolute Gasteiger partial charge is 0.0386 e. The molecule has 0 heterocycles. The number of hydrogen-bond acceptors (Lipinski definition) is 0. The average molecular weight is 279 g/mol. The third-order valence-electron chi connectivity index (χ3n) is 6.45. The molecule has 3 rings (SSSR count). The second kappa shape index (κ2) is 9.11. The molecule has 0 atom stereocenters. The fourth-order valence-electron chi connectivity index (χ4n) is 5.30. The van der Waals surface area contributed by atoms with Crippen LogP contribution in [-0.4, -0.2) is 0 Å². The van der Waals surface area contributed by atoms with Gasteiger partial charge in [-0.15, -0.1) is 0 Å². The monoisotopic (exact) mass is 278 g/mol. The van der Waals surface area contributed by atoms with Crippen LogP contribution in [0.2, 0.25) is 0 Å². The van der Waals surface area contributed by atoms with E-state index in [1.165, 1.54) is 38.5 Å². The molecule has 0 radical (unpaired) electrons. The molecule has 0 aromatic carbocycles. The molecule has 3 saturated carbocycles. The fraction of sp³-hybridized carbons (Fsp3) is 1.00. The highest BCUT2D eigenvalue weighted by molar-refractivity contribution is 4.83. The van der Waals surface area contributed by atoms with Crippen LogP contribution >= 0.6 is 0 Å². The van der Waals surface area contributed by atoms with Crippen LogP contribution in [0.25, 0.3) is 0 Å². The van der Waals surface area contributed by atoms with E-state index < -0.39 is 0 Å². The first kappa shape index (κ1) is 16.4. The van der Waals surface area contributed by atoms with E-state index in [2.05, 4.69) is 0 Å². The van der Waals surface area contributed by atoms with Gasteiger partial charge < -0.3 is 0 Å². The zero-order valence-electron chi connectivity index (χ0n) is 14.2. The normalized spacial score (nSPS) is 33.3. The average Bonchev–Trinajstić information content (AvgIpc) is 2.58. The molecule has 0 aliphatic heterocycles. The van der Waals surface area contributed by atoms with E-state index in [1.54, 1.807) is 51.4 Å². The summed E-state index contributed by atoms with van der Waals surface area (Å²) in [5.74, 6) is 4.52. The molecule has 0 saturated heterocycles. The van der Waals surface area contributed by atoms with Crippen molar-refractivity contribution in [2.75, 3.05) is 0 Å². The van der Waals surface area contributed by atoms with Crippen molar-refractivity contribution in [3.8, 4) is 0 Å². The Labute approximate surface area is 128 Å². The van der Waals surface area contributed by atoms with Crippen LogP contribution in [0, 0.1) is 23.7 Å². The minimum atomic E-state index is 1.13. The van der Waals surface area contributed by atoms with Gasteiger partial charge in [0.25, 0.3) is 0 Å². The molecule has 0 heteroatoms.